The summed E-state index contributed by atoms with van der Waals surface area (Å²) in [6.45, 7) is 4.06. The Morgan fingerprint density at radius 2 is 2.26 bits per heavy atom. The van der Waals surface area contributed by atoms with Crippen molar-refractivity contribution in [3.8, 4) is 5.88 Å². The summed E-state index contributed by atoms with van der Waals surface area (Å²) in [4.78, 5) is 22.3. The molecule has 0 bridgehead atoms. The summed E-state index contributed by atoms with van der Waals surface area (Å²) >= 11 is 0. The van der Waals surface area contributed by atoms with Crippen LogP contribution in [0.15, 0.2) is 23.3 Å². The zero-order chi connectivity index (χ0) is 16.8. The average molecular weight is 320 g/mol. The molecule has 1 fully saturated rings. The number of guanidine groups is 1. The highest BCUT2D eigenvalue weighted by molar-refractivity contribution is 5.82. The molecule has 1 aromatic heterocycles. The molecule has 7 heteroatoms. The zero-order valence-electron chi connectivity index (χ0n) is 14.1. The number of methoxy groups -OCH3 is 2. The molecule has 0 spiro atoms. The van der Waals surface area contributed by atoms with E-state index < -0.39 is 0 Å². The number of aromatic nitrogens is 1. The standard InChI is InChI=1S/C16H24N4O3/c1-11-9-20(10-13(11)15(21)23-4)16(17-2)19-8-12-5-6-18-14(7-12)22-3/h5-7,11,13H,8-10H2,1-4H3,(H,17,19). The van der Waals surface area contributed by atoms with Crippen LogP contribution in [0.5, 0.6) is 5.88 Å². The Hall–Kier alpha value is -2.31. The minimum Gasteiger partial charge on any atom is -0.481 e. The van der Waals surface area contributed by atoms with Gasteiger partial charge in [0.25, 0.3) is 0 Å². The predicted octanol–water partition coefficient (Wildman–Crippen LogP) is 0.906. The molecule has 1 aromatic rings. The molecule has 0 amide bonds. The maximum absolute atomic E-state index is 11.8. The van der Waals surface area contributed by atoms with Gasteiger partial charge in [0.15, 0.2) is 5.96 Å². The normalized spacial score (nSPS) is 21.2. The van der Waals surface area contributed by atoms with E-state index in [1.54, 1.807) is 20.4 Å². The first-order valence-corrected chi connectivity index (χ1v) is 7.61. The van der Waals surface area contributed by atoms with Crippen molar-refractivity contribution >= 4 is 11.9 Å². The highest BCUT2D eigenvalue weighted by atomic mass is 16.5. The lowest BCUT2D eigenvalue weighted by Gasteiger charge is -2.21. The Bertz CT molecular complexity index is 576. The molecule has 0 aromatic carbocycles. The lowest BCUT2D eigenvalue weighted by Crippen LogP contribution is -2.40. The van der Waals surface area contributed by atoms with Gasteiger partial charge in [0.1, 0.15) is 0 Å². The van der Waals surface area contributed by atoms with Crippen LogP contribution in [0.1, 0.15) is 12.5 Å². The van der Waals surface area contributed by atoms with Crippen LogP contribution in [-0.2, 0) is 16.1 Å². The van der Waals surface area contributed by atoms with E-state index in [1.807, 2.05) is 12.1 Å². The molecule has 1 aliphatic heterocycles. The smallest absolute Gasteiger partial charge is 0.310 e. The molecule has 0 aliphatic carbocycles. The zero-order valence-corrected chi connectivity index (χ0v) is 14.1. The van der Waals surface area contributed by atoms with Gasteiger partial charge in [-0.05, 0) is 17.5 Å². The van der Waals surface area contributed by atoms with Crippen molar-refractivity contribution in [2.24, 2.45) is 16.8 Å². The molecule has 1 aliphatic rings. The summed E-state index contributed by atoms with van der Waals surface area (Å²) in [5, 5.41) is 3.32. The van der Waals surface area contributed by atoms with Gasteiger partial charge < -0.3 is 19.7 Å². The van der Waals surface area contributed by atoms with Gasteiger partial charge >= 0.3 is 5.97 Å². The number of pyridine rings is 1. The summed E-state index contributed by atoms with van der Waals surface area (Å²) in [6, 6.07) is 3.80. The van der Waals surface area contributed by atoms with Crippen molar-refractivity contribution in [3.05, 3.63) is 23.9 Å². The fraction of sp³-hybridized carbons (Fsp3) is 0.562. The number of nitrogens with one attached hydrogen (secondary N) is 1. The minimum absolute atomic E-state index is 0.112. The molecule has 2 rings (SSSR count). The van der Waals surface area contributed by atoms with Crippen LogP contribution < -0.4 is 10.1 Å². The minimum atomic E-state index is -0.158. The first-order chi connectivity index (χ1) is 11.1. The van der Waals surface area contributed by atoms with Gasteiger partial charge in [0.2, 0.25) is 5.88 Å². The van der Waals surface area contributed by atoms with Gasteiger partial charge in [-0.3, -0.25) is 9.79 Å². The summed E-state index contributed by atoms with van der Waals surface area (Å²) in [5.74, 6) is 1.33. The van der Waals surface area contributed by atoms with Crippen LogP contribution in [0, 0.1) is 11.8 Å². The molecule has 23 heavy (non-hydrogen) atoms. The number of hydrogen-bond donors (Lipinski definition) is 1. The SMILES string of the molecule is CN=C(NCc1ccnc(OC)c1)N1CC(C)C(C(=O)OC)C1. The monoisotopic (exact) mass is 320 g/mol. The van der Waals surface area contributed by atoms with Gasteiger partial charge in [0.05, 0.1) is 20.1 Å². The number of carbonyl (C=O) groups excluding carboxylic acids is 1. The predicted molar refractivity (Wildman–Crippen MR) is 87.2 cm³/mol. The van der Waals surface area contributed by atoms with Crippen molar-refractivity contribution in [1.82, 2.24) is 15.2 Å². The summed E-state index contributed by atoms with van der Waals surface area (Å²) in [5.41, 5.74) is 1.05. The fourth-order valence-corrected chi connectivity index (χ4v) is 2.78. The Morgan fingerprint density at radius 3 is 2.91 bits per heavy atom. The van der Waals surface area contributed by atoms with Crippen molar-refractivity contribution in [3.63, 3.8) is 0 Å². The van der Waals surface area contributed by atoms with Gasteiger partial charge in [-0.1, -0.05) is 6.92 Å². The van der Waals surface area contributed by atoms with Gasteiger partial charge in [0, 0.05) is 38.9 Å². The largest absolute Gasteiger partial charge is 0.481 e. The van der Waals surface area contributed by atoms with Crippen LogP contribution in [-0.4, -0.2) is 56.2 Å². The van der Waals surface area contributed by atoms with Crippen molar-refractivity contribution in [1.29, 1.82) is 0 Å². The first-order valence-electron chi connectivity index (χ1n) is 7.61. The summed E-state index contributed by atoms with van der Waals surface area (Å²) in [7, 11) is 4.77. The number of nitrogens with zero attached hydrogens (tertiary/aromatic N) is 3. The molecule has 2 unspecified atom stereocenters. The molecule has 2 atom stereocenters. The third-order valence-electron chi connectivity index (χ3n) is 4.09. The summed E-state index contributed by atoms with van der Waals surface area (Å²) in [6.07, 6.45) is 1.71. The Balaban J connectivity index is 1.97. The van der Waals surface area contributed by atoms with E-state index in [0.29, 0.717) is 19.0 Å². The van der Waals surface area contributed by atoms with Crippen LogP contribution >= 0.6 is 0 Å². The number of ether oxygens (including phenoxy) is 2. The van der Waals surface area contributed by atoms with Gasteiger partial charge in [-0.2, -0.15) is 0 Å². The fourth-order valence-electron chi connectivity index (χ4n) is 2.78. The number of aliphatic imine (C=N–C) groups is 1. The van der Waals surface area contributed by atoms with E-state index in [4.69, 9.17) is 9.47 Å². The number of likely N-dealkylation sites (tertiary alicyclic amines) is 1. The van der Waals surface area contributed by atoms with E-state index in [0.717, 1.165) is 18.1 Å². The Labute approximate surface area is 136 Å². The molecule has 0 radical (unpaired) electrons. The van der Waals surface area contributed by atoms with Crippen molar-refractivity contribution in [2.75, 3.05) is 34.4 Å². The lowest BCUT2D eigenvalue weighted by atomic mass is 9.99. The molecule has 1 saturated heterocycles. The molecule has 126 valence electrons. The maximum atomic E-state index is 11.8. The number of esters is 1. The van der Waals surface area contributed by atoms with Crippen LogP contribution in [0.25, 0.3) is 0 Å². The topological polar surface area (TPSA) is 76.1 Å². The van der Waals surface area contributed by atoms with Gasteiger partial charge in [-0.15, -0.1) is 0 Å². The van der Waals surface area contributed by atoms with Gasteiger partial charge in [-0.25, -0.2) is 4.98 Å². The molecular formula is C16H24N4O3. The highest BCUT2D eigenvalue weighted by Crippen LogP contribution is 2.24. The van der Waals surface area contributed by atoms with Crippen molar-refractivity contribution in [2.45, 2.75) is 13.5 Å². The van der Waals surface area contributed by atoms with Crippen LogP contribution in [0.2, 0.25) is 0 Å². The van der Waals surface area contributed by atoms with Crippen LogP contribution in [0.4, 0.5) is 0 Å². The second kappa shape index (κ2) is 7.80. The second-order valence-electron chi connectivity index (χ2n) is 5.62. The lowest BCUT2D eigenvalue weighted by molar-refractivity contribution is -0.145. The molecule has 0 saturated carbocycles. The Kier molecular flexibility index (Phi) is 5.78. The highest BCUT2D eigenvalue weighted by Gasteiger charge is 2.36. The quantitative estimate of drug-likeness (QED) is 0.505. The number of carbonyl (C=O) groups is 1. The maximum Gasteiger partial charge on any atom is 0.310 e. The van der Waals surface area contributed by atoms with E-state index >= 15 is 0 Å². The van der Waals surface area contributed by atoms with Crippen molar-refractivity contribution < 1.29 is 14.3 Å². The number of rotatable bonds is 4. The second-order valence-corrected chi connectivity index (χ2v) is 5.62. The molecule has 2 heterocycles. The van der Waals surface area contributed by atoms with E-state index in [1.165, 1.54) is 7.11 Å². The molecule has 1 N–H and O–H groups in total. The van der Waals surface area contributed by atoms with E-state index in [2.05, 4.69) is 27.1 Å². The van der Waals surface area contributed by atoms with Crippen LogP contribution in [0.3, 0.4) is 0 Å². The Morgan fingerprint density at radius 1 is 1.48 bits per heavy atom. The molecule has 7 nitrogen and oxygen atoms in total. The summed E-state index contributed by atoms with van der Waals surface area (Å²) < 4.78 is 10.00. The molecular weight excluding hydrogens is 296 g/mol. The average Bonchev–Trinajstić information content (AvgIpc) is 2.96. The van der Waals surface area contributed by atoms with E-state index in [-0.39, 0.29) is 17.8 Å². The first kappa shape index (κ1) is 17.1. The third-order valence-corrected chi connectivity index (χ3v) is 4.09. The number of hydrogen-bond acceptors (Lipinski definition) is 5. The third kappa shape index (κ3) is 4.12. The van der Waals surface area contributed by atoms with E-state index in [9.17, 15) is 4.79 Å².